The summed E-state index contributed by atoms with van der Waals surface area (Å²) in [5, 5.41) is 2.90. The van der Waals surface area contributed by atoms with Crippen LogP contribution in [0.3, 0.4) is 0 Å². The number of pyridine rings is 1. The summed E-state index contributed by atoms with van der Waals surface area (Å²) < 4.78 is 7.53. The van der Waals surface area contributed by atoms with E-state index in [-0.39, 0.29) is 12.0 Å². The largest absolute Gasteiger partial charge is 0.491 e. The number of imidazole rings is 1. The molecule has 5 heteroatoms. The van der Waals surface area contributed by atoms with E-state index in [1.54, 1.807) is 12.1 Å². The molecule has 0 radical (unpaired) electrons. The zero-order chi connectivity index (χ0) is 17.1. The van der Waals surface area contributed by atoms with Crippen LogP contribution in [-0.4, -0.2) is 21.4 Å². The van der Waals surface area contributed by atoms with Crippen molar-refractivity contribution in [2.45, 2.75) is 33.4 Å². The molecule has 5 nitrogen and oxygen atoms in total. The fourth-order valence-corrected chi connectivity index (χ4v) is 2.45. The minimum Gasteiger partial charge on any atom is -0.491 e. The highest BCUT2D eigenvalue weighted by Crippen LogP contribution is 2.14. The summed E-state index contributed by atoms with van der Waals surface area (Å²) in [6.07, 6.45) is 4.01. The van der Waals surface area contributed by atoms with Gasteiger partial charge < -0.3 is 14.5 Å². The highest BCUT2D eigenvalue weighted by atomic mass is 16.5. The molecule has 1 N–H and O–H groups in total. The maximum atomic E-state index is 12.2. The molecule has 24 heavy (non-hydrogen) atoms. The predicted molar refractivity (Wildman–Crippen MR) is 93.3 cm³/mol. The zero-order valence-corrected chi connectivity index (χ0v) is 14.1. The maximum Gasteiger partial charge on any atom is 0.251 e. The Morgan fingerprint density at radius 2 is 2.00 bits per heavy atom. The van der Waals surface area contributed by atoms with E-state index in [0.29, 0.717) is 12.1 Å². The van der Waals surface area contributed by atoms with Crippen molar-refractivity contribution in [2.75, 3.05) is 0 Å². The molecule has 2 aromatic heterocycles. The van der Waals surface area contributed by atoms with Crippen LogP contribution in [0.1, 0.15) is 35.5 Å². The summed E-state index contributed by atoms with van der Waals surface area (Å²) in [6.45, 7) is 6.36. The molecule has 0 aliphatic rings. The van der Waals surface area contributed by atoms with E-state index < -0.39 is 0 Å². The van der Waals surface area contributed by atoms with Gasteiger partial charge in [-0.3, -0.25) is 4.79 Å². The number of hydrogen-bond acceptors (Lipinski definition) is 3. The van der Waals surface area contributed by atoms with Gasteiger partial charge in [0.2, 0.25) is 0 Å². The molecule has 0 aliphatic carbocycles. The summed E-state index contributed by atoms with van der Waals surface area (Å²) in [4.78, 5) is 16.7. The lowest BCUT2D eigenvalue weighted by Gasteiger charge is -2.10. The van der Waals surface area contributed by atoms with Gasteiger partial charge in [-0.25, -0.2) is 4.98 Å². The van der Waals surface area contributed by atoms with Crippen LogP contribution < -0.4 is 10.1 Å². The van der Waals surface area contributed by atoms with E-state index in [1.165, 1.54) is 0 Å². The van der Waals surface area contributed by atoms with Crippen molar-refractivity contribution < 1.29 is 9.53 Å². The maximum absolute atomic E-state index is 12.2. The van der Waals surface area contributed by atoms with Crippen LogP contribution in [0.5, 0.6) is 5.75 Å². The fraction of sp³-hybridized carbons (Fsp3) is 0.263. The number of aromatic nitrogens is 2. The van der Waals surface area contributed by atoms with E-state index in [0.717, 1.165) is 22.7 Å². The van der Waals surface area contributed by atoms with Crippen LogP contribution in [0.15, 0.2) is 48.8 Å². The Hall–Kier alpha value is -2.82. The Bertz CT molecular complexity index is 851. The summed E-state index contributed by atoms with van der Waals surface area (Å²) in [7, 11) is 0. The first-order valence-corrected chi connectivity index (χ1v) is 8.00. The standard InChI is InChI=1S/C19H21N3O2/c1-13(2)24-17-6-4-15(5-7-17)19(23)20-11-16-12-22-9-8-14(3)10-18(22)21-16/h4-10,12-13H,11H2,1-3H3,(H,20,23). The van der Waals surface area contributed by atoms with Crippen molar-refractivity contribution in [1.29, 1.82) is 0 Å². The van der Waals surface area contributed by atoms with Gasteiger partial charge in [0.25, 0.3) is 5.91 Å². The number of hydrogen-bond donors (Lipinski definition) is 1. The summed E-state index contributed by atoms with van der Waals surface area (Å²) in [5.41, 5.74) is 3.47. The smallest absolute Gasteiger partial charge is 0.251 e. The molecule has 0 unspecified atom stereocenters. The average molecular weight is 323 g/mol. The van der Waals surface area contributed by atoms with Gasteiger partial charge in [-0.2, -0.15) is 0 Å². The monoisotopic (exact) mass is 323 g/mol. The number of aryl methyl sites for hydroxylation is 1. The molecule has 0 atom stereocenters. The van der Waals surface area contributed by atoms with E-state index in [4.69, 9.17) is 4.74 Å². The molecule has 0 aliphatic heterocycles. The van der Waals surface area contributed by atoms with Crippen LogP contribution in [0.25, 0.3) is 5.65 Å². The van der Waals surface area contributed by atoms with Gasteiger partial charge in [0.1, 0.15) is 11.4 Å². The lowest BCUT2D eigenvalue weighted by atomic mass is 10.2. The lowest BCUT2D eigenvalue weighted by molar-refractivity contribution is 0.0950. The second-order valence-corrected chi connectivity index (χ2v) is 6.08. The number of nitrogens with one attached hydrogen (secondary N) is 1. The average Bonchev–Trinajstić information content (AvgIpc) is 2.94. The van der Waals surface area contributed by atoms with Crippen LogP contribution in [0, 0.1) is 6.92 Å². The Balaban J connectivity index is 1.63. The molecular formula is C19H21N3O2. The number of ether oxygens (including phenoxy) is 1. The molecule has 0 spiro atoms. The van der Waals surface area contributed by atoms with Crippen molar-refractivity contribution >= 4 is 11.6 Å². The van der Waals surface area contributed by atoms with Crippen molar-refractivity contribution in [2.24, 2.45) is 0 Å². The van der Waals surface area contributed by atoms with E-state index in [2.05, 4.69) is 10.3 Å². The molecule has 1 amide bonds. The normalized spacial score (nSPS) is 11.0. The highest BCUT2D eigenvalue weighted by molar-refractivity contribution is 5.94. The van der Waals surface area contributed by atoms with Gasteiger partial charge in [-0.1, -0.05) is 0 Å². The van der Waals surface area contributed by atoms with Crippen LogP contribution in [0.2, 0.25) is 0 Å². The summed E-state index contributed by atoms with van der Waals surface area (Å²) >= 11 is 0. The number of amides is 1. The summed E-state index contributed by atoms with van der Waals surface area (Å²) in [6, 6.07) is 11.2. The molecule has 1 aromatic carbocycles. The molecule has 3 aromatic rings. The number of rotatable bonds is 5. The van der Waals surface area contributed by atoms with Crippen molar-refractivity contribution in [3.05, 3.63) is 65.6 Å². The minimum absolute atomic E-state index is 0.114. The third-order valence-corrected chi connectivity index (χ3v) is 3.58. The molecule has 3 rings (SSSR count). The number of benzene rings is 1. The van der Waals surface area contributed by atoms with Gasteiger partial charge in [-0.15, -0.1) is 0 Å². The van der Waals surface area contributed by atoms with Crippen LogP contribution in [0.4, 0.5) is 0 Å². The third-order valence-electron chi connectivity index (χ3n) is 3.58. The molecular weight excluding hydrogens is 302 g/mol. The van der Waals surface area contributed by atoms with Gasteiger partial charge >= 0.3 is 0 Å². The molecule has 0 bridgehead atoms. The van der Waals surface area contributed by atoms with Gasteiger partial charge in [-0.05, 0) is 62.7 Å². The highest BCUT2D eigenvalue weighted by Gasteiger charge is 2.08. The molecule has 0 saturated heterocycles. The first-order chi connectivity index (χ1) is 11.5. The van der Waals surface area contributed by atoms with Crippen molar-refractivity contribution in [3.8, 4) is 5.75 Å². The molecule has 0 saturated carbocycles. The van der Waals surface area contributed by atoms with Crippen LogP contribution in [-0.2, 0) is 6.54 Å². The van der Waals surface area contributed by atoms with Crippen molar-refractivity contribution in [3.63, 3.8) is 0 Å². The minimum atomic E-state index is -0.126. The third kappa shape index (κ3) is 3.74. The Morgan fingerprint density at radius 3 is 2.71 bits per heavy atom. The lowest BCUT2D eigenvalue weighted by Crippen LogP contribution is -2.22. The topological polar surface area (TPSA) is 55.6 Å². The second kappa shape index (κ2) is 6.74. The van der Waals surface area contributed by atoms with E-state index >= 15 is 0 Å². The zero-order valence-electron chi connectivity index (χ0n) is 14.1. The van der Waals surface area contributed by atoms with Crippen molar-refractivity contribution in [1.82, 2.24) is 14.7 Å². The van der Waals surface area contributed by atoms with E-state index in [9.17, 15) is 4.79 Å². The SMILES string of the molecule is Cc1ccn2cc(CNC(=O)c3ccc(OC(C)C)cc3)nc2c1. The Kier molecular flexibility index (Phi) is 4.51. The predicted octanol–water partition coefficient (Wildman–Crippen LogP) is 3.36. The second-order valence-electron chi connectivity index (χ2n) is 6.08. The number of nitrogens with zero attached hydrogens (tertiary/aromatic N) is 2. The number of carbonyl (C=O) groups excluding carboxylic acids is 1. The summed E-state index contributed by atoms with van der Waals surface area (Å²) in [5.74, 6) is 0.636. The Morgan fingerprint density at radius 1 is 1.25 bits per heavy atom. The Labute approximate surface area is 141 Å². The first kappa shape index (κ1) is 16.1. The van der Waals surface area contributed by atoms with E-state index in [1.807, 2.05) is 61.8 Å². The van der Waals surface area contributed by atoms with Gasteiger partial charge in [0.05, 0.1) is 18.3 Å². The number of carbonyl (C=O) groups is 1. The van der Waals surface area contributed by atoms with Gasteiger partial charge in [0.15, 0.2) is 0 Å². The molecule has 0 fully saturated rings. The molecule has 2 heterocycles. The first-order valence-electron chi connectivity index (χ1n) is 8.00. The number of fused-ring (bicyclic) bond motifs is 1. The quantitative estimate of drug-likeness (QED) is 0.783. The van der Waals surface area contributed by atoms with Gasteiger partial charge in [0, 0.05) is 18.0 Å². The fourth-order valence-electron chi connectivity index (χ4n) is 2.45. The van der Waals surface area contributed by atoms with Crippen LogP contribution >= 0.6 is 0 Å². The molecule has 124 valence electrons.